The first-order chi connectivity index (χ1) is 16.4. The Bertz CT molecular complexity index is 1000. The number of aryl methyl sites for hydroxylation is 2. The number of hydrogen-bond acceptors (Lipinski definition) is 6. The maximum Gasteiger partial charge on any atom is 0.333 e. The van der Waals surface area contributed by atoms with E-state index in [1.54, 1.807) is 30.8 Å². The number of fused-ring (bicyclic) bond motifs is 2. The number of urea groups is 1. The van der Waals surface area contributed by atoms with Crippen molar-refractivity contribution in [1.82, 2.24) is 24.6 Å². The number of piperidine rings is 1. The first-order valence-electron chi connectivity index (χ1n) is 11.9. The quantitative estimate of drug-likeness (QED) is 0.522. The fourth-order valence-corrected chi connectivity index (χ4v) is 5.21. The number of imide groups is 1. The molecular formula is C24H33FN6O3. The summed E-state index contributed by atoms with van der Waals surface area (Å²) in [5.41, 5.74) is 0.598. The van der Waals surface area contributed by atoms with E-state index in [0.717, 1.165) is 43.5 Å². The highest BCUT2D eigenvalue weighted by atomic mass is 19.1. The zero-order chi connectivity index (χ0) is 24.2. The molecule has 184 valence electrons. The van der Waals surface area contributed by atoms with Crippen LogP contribution in [-0.2, 0) is 23.2 Å². The van der Waals surface area contributed by atoms with Crippen LogP contribution in [0.3, 0.4) is 0 Å². The number of anilines is 1. The highest BCUT2D eigenvalue weighted by Crippen LogP contribution is 2.37. The summed E-state index contributed by atoms with van der Waals surface area (Å²) in [4.78, 5) is 33.4. The minimum Gasteiger partial charge on any atom is -0.373 e. The summed E-state index contributed by atoms with van der Waals surface area (Å²) in [6.45, 7) is 3.35. The van der Waals surface area contributed by atoms with Gasteiger partial charge in [0.05, 0.1) is 12.7 Å². The first kappa shape index (κ1) is 24.3. The molecule has 9 nitrogen and oxygen atoms in total. The van der Waals surface area contributed by atoms with E-state index in [1.807, 2.05) is 6.07 Å². The summed E-state index contributed by atoms with van der Waals surface area (Å²) < 4.78 is 21.6. The largest absolute Gasteiger partial charge is 0.373 e. The van der Waals surface area contributed by atoms with Crippen molar-refractivity contribution in [2.24, 2.45) is 7.05 Å². The van der Waals surface area contributed by atoms with Gasteiger partial charge in [-0.3, -0.25) is 19.5 Å². The molecule has 2 aromatic rings. The molecule has 2 atom stereocenters. The highest BCUT2D eigenvalue weighted by molar-refractivity contribution is 5.96. The van der Waals surface area contributed by atoms with Crippen LogP contribution in [0.25, 0.3) is 0 Å². The Hall–Kier alpha value is -2.85. The first-order valence-corrected chi connectivity index (χ1v) is 11.9. The molecule has 2 saturated heterocycles. The maximum atomic E-state index is 13.9. The molecule has 3 heterocycles. The smallest absolute Gasteiger partial charge is 0.333 e. The molecule has 4 rings (SSSR count). The van der Waals surface area contributed by atoms with Gasteiger partial charge in [0, 0.05) is 44.8 Å². The predicted molar refractivity (Wildman–Crippen MR) is 125 cm³/mol. The van der Waals surface area contributed by atoms with Gasteiger partial charge in [-0.15, -0.1) is 0 Å². The van der Waals surface area contributed by atoms with Crippen molar-refractivity contribution in [2.45, 2.75) is 63.8 Å². The van der Waals surface area contributed by atoms with Crippen molar-refractivity contribution < 1.29 is 18.7 Å². The van der Waals surface area contributed by atoms with E-state index in [4.69, 9.17) is 4.74 Å². The lowest BCUT2D eigenvalue weighted by Gasteiger charge is -2.39. The zero-order valence-electron chi connectivity index (χ0n) is 20.1. The molecule has 2 fully saturated rings. The lowest BCUT2D eigenvalue weighted by atomic mass is 9.99. The second-order valence-electron chi connectivity index (χ2n) is 9.21. The van der Waals surface area contributed by atoms with Crippen molar-refractivity contribution in [1.29, 1.82) is 0 Å². The van der Waals surface area contributed by atoms with Crippen molar-refractivity contribution in [3.05, 3.63) is 41.5 Å². The summed E-state index contributed by atoms with van der Waals surface area (Å²) in [5, 5.41) is 4.24. The fraction of sp³-hybridized carbons (Fsp3) is 0.583. The van der Waals surface area contributed by atoms with E-state index in [-0.39, 0.29) is 11.9 Å². The molecule has 0 saturated carbocycles. The number of ether oxygens (including phenoxy) is 1. The number of carbonyl (C=O) groups is 2. The van der Waals surface area contributed by atoms with Crippen LogP contribution in [-0.4, -0.2) is 75.3 Å². The van der Waals surface area contributed by atoms with Crippen molar-refractivity contribution in [3.63, 3.8) is 0 Å². The average molecular weight is 473 g/mol. The molecule has 10 heteroatoms. The van der Waals surface area contributed by atoms with Gasteiger partial charge >= 0.3 is 6.03 Å². The predicted octanol–water partition coefficient (Wildman–Crippen LogP) is 2.88. The van der Waals surface area contributed by atoms with Gasteiger partial charge in [-0.2, -0.15) is 10.1 Å². The van der Waals surface area contributed by atoms with Gasteiger partial charge in [0.2, 0.25) is 12.4 Å². The van der Waals surface area contributed by atoms with Crippen LogP contribution in [0.1, 0.15) is 43.5 Å². The molecule has 0 N–H and O–H groups in total. The molecule has 3 amide bonds. The molecule has 0 spiro atoms. The Labute approximate surface area is 199 Å². The van der Waals surface area contributed by atoms with Gasteiger partial charge in [-0.25, -0.2) is 13.9 Å². The zero-order valence-corrected chi connectivity index (χ0v) is 20.1. The van der Waals surface area contributed by atoms with E-state index in [0.29, 0.717) is 49.0 Å². The average Bonchev–Trinajstić information content (AvgIpc) is 3.27. The van der Waals surface area contributed by atoms with E-state index < -0.39 is 6.03 Å². The minimum atomic E-state index is -0.422. The normalized spacial score (nSPS) is 22.1. The number of rotatable bonds is 9. The number of nitrogens with zero attached hydrogens (tertiary/aromatic N) is 6. The number of aromatic nitrogens is 3. The third kappa shape index (κ3) is 5.28. The van der Waals surface area contributed by atoms with Crippen molar-refractivity contribution in [2.75, 3.05) is 25.0 Å². The van der Waals surface area contributed by atoms with Crippen LogP contribution in [0.15, 0.2) is 24.3 Å². The summed E-state index contributed by atoms with van der Waals surface area (Å²) in [6.07, 6.45) is 5.51. The third-order valence-corrected chi connectivity index (χ3v) is 6.85. The van der Waals surface area contributed by atoms with Gasteiger partial charge < -0.3 is 4.74 Å². The Morgan fingerprint density at radius 2 is 1.97 bits per heavy atom. The van der Waals surface area contributed by atoms with Gasteiger partial charge in [0.15, 0.2) is 0 Å². The van der Waals surface area contributed by atoms with Crippen LogP contribution < -0.4 is 4.90 Å². The summed E-state index contributed by atoms with van der Waals surface area (Å²) in [6, 6.07) is 7.20. The molecule has 2 bridgehead atoms. The summed E-state index contributed by atoms with van der Waals surface area (Å²) in [5.74, 6) is 0.777. The number of hydrogen-bond donors (Lipinski definition) is 0. The lowest BCUT2D eigenvalue weighted by Crippen LogP contribution is -2.47. The highest BCUT2D eigenvalue weighted by Gasteiger charge is 2.40. The maximum absolute atomic E-state index is 13.9. The molecular weight excluding hydrogens is 439 g/mol. The minimum absolute atomic E-state index is 0.134. The van der Waals surface area contributed by atoms with E-state index in [9.17, 15) is 14.0 Å². The second kappa shape index (κ2) is 10.6. The van der Waals surface area contributed by atoms with Crippen molar-refractivity contribution >= 4 is 18.4 Å². The van der Waals surface area contributed by atoms with E-state index in [2.05, 4.69) is 15.0 Å². The monoisotopic (exact) mass is 472 g/mol. The number of carbonyl (C=O) groups excluding carboxylic acids is 2. The Morgan fingerprint density at radius 1 is 1.26 bits per heavy atom. The van der Waals surface area contributed by atoms with E-state index >= 15 is 0 Å². The molecule has 0 aliphatic carbocycles. The fourth-order valence-electron chi connectivity index (χ4n) is 5.21. The molecule has 2 unspecified atom stereocenters. The number of amides is 3. The Kier molecular flexibility index (Phi) is 7.57. The Morgan fingerprint density at radius 3 is 2.59 bits per heavy atom. The van der Waals surface area contributed by atoms with Crippen LogP contribution in [0, 0.1) is 12.7 Å². The SMILES string of the molecule is Cc1nc(N(CCCN2C3CCC2CC(OCc2ccccc2F)C3)C(=O)N(C)C=O)n(C)n1. The Balaban J connectivity index is 1.32. The summed E-state index contributed by atoms with van der Waals surface area (Å²) >= 11 is 0. The number of benzene rings is 1. The molecule has 2 aliphatic heterocycles. The molecule has 0 radical (unpaired) electrons. The third-order valence-electron chi connectivity index (χ3n) is 6.85. The molecule has 1 aromatic carbocycles. The second-order valence-corrected chi connectivity index (χ2v) is 9.21. The topological polar surface area (TPSA) is 83.8 Å². The molecule has 2 aliphatic rings. The van der Waals surface area contributed by atoms with Gasteiger partial charge in [-0.05, 0) is 45.1 Å². The van der Waals surface area contributed by atoms with E-state index in [1.165, 1.54) is 18.0 Å². The van der Waals surface area contributed by atoms with Gasteiger partial charge in [0.1, 0.15) is 11.6 Å². The van der Waals surface area contributed by atoms with Gasteiger partial charge in [0.25, 0.3) is 0 Å². The van der Waals surface area contributed by atoms with Crippen LogP contribution >= 0.6 is 0 Å². The van der Waals surface area contributed by atoms with Crippen LogP contribution in [0.4, 0.5) is 15.1 Å². The van der Waals surface area contributed by atoms with Crippen molar-refractivity contribution in [3.8, 4) is 0 Å². The van der Waals surface area contributed by atoms with Crippen LogP contribution in [0.2, 0.25) is 0 Å². The van der Waals surface area contributed by atoms with Crippen LogP contribution in [0.5, 0.6) is 0 Å². The van der Waals surface area contributed by atoms with Gasteiger partial charge in [-0.1, -0.05) is 18.2 Å². The number of halogens is 1. The molecule has 1 aromatic heterocycles. The lowest BCUT2D eigenvalue weighted by molar-refractivity contribution is -0.114. The standard InChI is InChI=1S/C24H33FN6O3/c1-17-26-23(29(3)27-17)31(24(33)28(2)16-32)12-6-11-30-19-9-10-20(30)14-21(13-19)34-15-18-7-4-5-8-22(18)25/h4-5,7-8,16,19-21H,6,9-15H2,1-3H3. The summed E-state index contributed by atoms with van der Waals surface area (Å²) in [7, 11) is 3.18. The molecule has 34 heavy (non-hydrogen) atoms.